The topological polar surface area (TPSA) is 43.8 Å². The molecule has 1 aliphatic heterocycles. The molecule has 0 aliphatic carbocycles. The van der Waals surface area contributed by atoms with Crippen LogP contribution >= 0.6 is 0 Å². The zero-order chi connectivity index (χ0) is 9.76. The highest BCUT2D eigenvalue weighted by atomic mass is 19.1. The summed E-state index contributed by atoms with van der Waals surface area (Å²) in [6, 6.07) is 7.47. The summed E-state index contributed by atoms with van der Waals surface area (Å²) >= 11 is 0. The predicted molar refractivity (Wildman–Crippen MR) is 51.3 cm³/mol. The number of imidazole rings is 1. The van der Waals surface area contributed by atoms with Crippen molar-refractivity contribution in [1.29, 1.82) is 0 Å². The maximum atomic E-state index is 13.9. The van der Waals surface area contributed by atoms with E-state index in [2.05, 4.69) is 4.98 Å². The van der Waals surface area contributed by atoms with Gasteiger partial charge in [0.05, 0.1) is 11.0 Å². The first-order valence-electron chi connectivity index (χ1n) is 4.63. The predicted octanol–water partition coefficient (Wildman–Crippen LogP) is 1.52. The Labute approximate surface area is 80.3 Å². The van der Waals surface area contributed by atoms with Gasteiger partial charge in [-0.1, -0.05) is 12.1 Å². The standard InChI is InChI=1S/C10H10FN3/c11-10(12)6-5-9-13-7-3-1-2-4-8(7)14(9)10/h1-4H,5-6,12H2. The number of nitrogens with two attached hydrogens (primary N) is 1. The summed E-state index contributed by atoms with van der Waals surface area (Å²) < 4.78 is 15.4. The zero-order valence-electron chi connectivity index (χ0n) is 7.57. The van der Waals surface area contributed by atoms with Crippen molar-refractivity contribution < 1.29 is 4.39 Å². The Kier molecular flexibility index (Phi) is 1.32. The highest BCUT2D eigenvalue weighted by molar-refractivity contribution is 5.76. The highest BCUT2D eigenvalue weighted by Crippen LogP contribution is 2.32. The minimum absolute atomic E-state index is 0.320. The van der Waals surface area contributed by atoms with E-state index in [4.69, 9.17) is 5.73 Å². The largest absolute Gasteiger partial charge is 0.282 e. The SMILES string of the molecule is NC1(F)CCc2nc3ccccc3n21. The van der Waals surface area contributed by atoms with E-state index in [0.717, 1.165) is 16.9 Å². The Morgan fingerprint density at radius 3 is 3.07 bits per heavy atom. The van der Waals surface area contributed by atoms with Crippen molar-refractivity contribution in [1.82, 2.24) is 9.55 Å². The molecule has 1 aromatic heterocycles. The highest BCUT2D eigenvalue weighted by Gasteiger charge is 2.36. The minimum Gasteiger partial charge on any atom is -0.282 e. The van der Waals surface area contributed by atoms with E-state index in [0.29, 0.717) is 12.8 Å². The van der Waals surface area contributed by atoms with E-state index < -0.39 is 5.92 Å². The Hall–Kier alpha value is -1.42. The number of hydrogen-bond acceptors (Lipinski definition) is 2. The number of alkyl halides is 1. The molecule has 1 atom stereocenters. The van der Waals surface area contributed by atoms with Crippen LogP contribution in [0.3, 0.4) is 0 Å². The van der Waals surface area contributed by atoms with Gasteiger partial charge < -0.3 is 0 Å². The molecule has 4 heteroatoms. The number of fused-ring (bicyclic) bond motifs is 3. The van der Waals surface area contributed by atoms with Gasteiger partial charge in [0.15, 0.2) is 0 Å². The van der Waals surface area contributed by atoms with Crippen molar-refractivity contribution in [3.05, 3.63) is 30.1 Å². The van der Waals surface area contributed by atoms with Crippen LogP contribution in [0.15, 0.2) is 24.3 Å². The first kappa shape index (κ1) is 7.94. The van der Waals surface area contributed by atoms with Gasteiger partial charge in [0.2, 0.25) is 5.92 Å². The summed E-state index contributed by atoms with van der Waals surface area (Å²) in [6.45, 7) is 0. The van der Waals surface area contributed by atoms with Crippen LogP contribution in [0.5, 0.6) is 0 Å². The molecule has 0 fully saturated rings. The third kappa shape index (κ3) is 0.861. The zero-order valence-corrected chi connectivity index (χ0v) is 7.57. The summed E-state index contributed by atoms with van der Waals surface area (Å²) in [5, 5.41) is 0. The molecule has 3 rings (SSSR count). The average molecular weight is 191 g/mol. The molecule has 14 heavy (non-hydrogen) atoms. The molecule has 0 saturated carbocycles. The molecule has 1 aromatic carbocycles. The number of nitrogens with zero attached hydrogens (tertiary/aromatic N) is 2. The normalized spacial score (nSPS) is 25.6. The van der Waals surface area contributed by atoms with Crippen molar-refractivity contribution in [2.45, 2.75) is 18.8 Å². The third-order valence-electron chi connectivity index (χ3n) is 2.70. The number of aromatic nitrogens is 2. The summed E-state index contributed by atoms with van der Waals surface area (Å²) in [5.41, 5.74) is 7.15. The monoisotopic (exact) mass is 191 g/mol. The summed E-state index contributed by atoms with van der Waals surface area (Å²) in [5.74, 6) is -1.01. The Bertz CT molecular complexity index is 501. The smallest absolute Gasteiger partial charge is 0.240 e. The third-order valence-corrected chi connectivity index (χ3v) is 2.70. The first-order chi connectivity index (χ1) is 6.68. The second-order valence-corrected chi connectivity index (χ2v) is 3.67. The van der Waals surface area contributed by atoms with Gasteiger partial charge in [-0.2, -0.15) is 0 Å². The Morgan fingerprint density at radius 2 is 2.21 bits per heavy atom. The van der Waals surface area contributed by atoms with Crippen molar-refractivity contribution in [3.8, 4) is 0 Å². The number of aryl methyl sites for hydroxylation is 1. The van der Waals surface area contributed by atoms with E-state index in [1.54, 1.807) is 0 Å². The lowest BCUT2D eigenvalue weighted by Gasteiger charge is -2.16. The number of hydrogen-bond donors (Lipinski definition) is 1. The van der Waals surface area contributed by atoms with Gasteiger partial charge in [0, 0.05) is 12.8 Å². The van der Waals surface area contributed by atoms with Crippen molar-refractivity contribution in [2.75, 3.05) is 0 Å². The molecule has 0 amide bonds. The van der Waals surface area contributed by atoms with E-state index in [-0.39, 0.29) is 0 Å². The molecular weight excluding hydrogens is 181 g/mol. The van der Waals surface area contributed by atoms with Crippen LogP contribution in [-0.2, 0) is 12.3 Å². The van der Waals surface area contributed by atoms with Gasteiger partial charge >= 0.3 is 0 Å². The summed E-state index contributed by atoms with van der Waals surface area (Å²) in [7, 11) is 0. The van der Waals surface area contributed by atoms with Crippen LogP contribution in [0.25, 0.3) is 11.0 Å². The second-order valence-electron chi connectivity index (χ2n) is 3.67. The van der Waals surface area contributed by atoms with Gasteiger partial charge in [0.25, 0.3) is 0 Å². The summed E-state index contributed by atoms with van der Waals surface area (Å²) in [4.78, 5) is 4.33. The van der Waals surface area contributed by atoms with Crippen molar-refractivity contribution >= 4 is 11.0 Å². The second kappa shape index (κ2) is 2.33. The van der Waals surface area contributed by atoms with E-state index in [1.807, 2.05) is 24.3 Å². The fourth-order valence-corrected chi connectivity index (χ4v) is 2.06. The van der Waals surface area contributed by atoms with Crippen LogP contribution < -0.4 is 5.73 Å². The lowest BCUT2D eigenvalue weighted by atomic mass is 10.2. The van der Waals surface area contributed by atoms with Crippen LogP contribution in [0.2, 0.25) is 0 Å². The molecule has 1 aliphatic rings. The fraction of sp³-hybridized carbons (Fsp3) is 0.300. The molecule has 0 radical (unpaired) electrons. The van der Waals surface area contributed by atoms with Crippen LogP contribution in [0.4, 0.5) is 4.39 Å². The number of para-hydroxylation sites is 2. The molecule has 1 unspecified atom stereocenters. The molecule has 3 nitrogen and oxygen atoms in total. The molecule has 0 saturated heterocycles. The van der Waals surface area contributed by atoms with Gasteiger partial charge in [-0.25, -0.2) is 9.37 Å². The molecule has 0 bridgehead atoms. The van der Waals surface area contributed by atoms with Crippen LogP contribution in [-0.4, -0.2) is 9.55 Å². The molecular formula is C10H10FN3. The quantitative estimate of drug-likeness (QED) is 0.641. The molecule has 2 aromatic rings. The van der Waals surface area contributed by atoms with E-state index in [9.17, 15) is 4.39 Å². The molecule has 0 spiro atoms. The summed E-state index contributed by atoms with van der Waals surface area (Å²) in [6.07, 6.45) is 0.932. The average Bonchev–Trinajstić information content (AvgIpc) is 2.65. The lowest BCUT2D eigenvalue weighted by molar-refractivity contribution is 0.0943. The Balaban J connectivity index is 2.41. The lowest BCUT2D eigenvalue weighted by Crippen LogP contribution is -2.34. The van der Waals surface area contributed by atoms with E-state index in [1.165, 1.54) is 4.57 Å². The van der Waals surface area contributed by atoms with Crippen LogP contribution in [0.1, 0.15) is 12.2 Å². The fourth-order valence-electron chi connectivity index (χ4n) is 2.06. The molecule has 2 heterocycles. The van der Waals surface area contributed by atoms with Crippen LogP contribution in [0, 0.1) is 0 Å². The first-order valence-corrected chi connectivity index (χ1v) is 4.63. The molecule has 2 N–H and O–H groups in total. The van der Waals surface area contributed by atoms with Gasteiger partial charge in [0.1, 0.15) is 5.82 Å². The number of benzene rings is 1. The van der Waals surface area contributed by atoms with Gasteiger partial charge in [-0.3, -0.25) is 10.3 Å². The van der Waals surface area contributed by atoms with Gasteiger partial charge in [-0.15, -0.1) is 0 Å². The van der Waals surface area contributed by atoms with Crippen molar-refractivity contribution in [3.63, 3.8) is 0 Å². The minimum atomic E-state index is -1.76. The molecule has 72 valence electrons. The maximum absolute atomic E-state index is 13.9. The maximum Gasteiger partial charge on any atom is 0.240 e. The number of halogens is 1. The Morgan fingerprint density at radius 1 is 1.43 bits per heavy atom. The number of rotatable bonds is 0. The van der Waals surface area contributed by atoms with E-state index >= 15 is 0 Å². The van der Waals surface area contributed by atoms with Crippen molar-refractivity contribution in [2.24, 2.45) is 5.73 Å². The van der Waals surface area contributed by atoms with Gasteiger partial charge in [-0.05, 0) is 12.1 Å².